The van der Waals surface area contributed by atoms with E-state index in [4.69, 9.17) is 0 Å². The van der Waals surface area contributed by atoms with Gasteiger partial charge in [0.1, 0.15) is 0 Å². The molecule has 0 spiro atoms. The molecule has 0 aliphatic carbocycles. The molecule has 1 fully saturated rings. The highest BCUT2D eigenvalue weighted by Gasteiger charge is 2.21. The van der Waals surface area contributed by atoms with Crippen molar-refractivity contribution in [3.63, 3.8) is 0 Å². The molecule has 7 nitrogen and oxygen atoms in total. The molecule has 4 rings (SSSR count). The van der Waals surface area contributed by atoms with E-state index in [1.54, 1.807) is 36.4 Å². The van der Waals surface area contributed by atoms with Crippen molar-refractivity contribution in [1.29, 1.82) is 0 Å². The number of piperazine rings is 1. The first-order chi connectivity index (χ1) is 17.1. The molecular weight excluding hydrogens is 440 g/mol. The van der Waals surface area contributed by atoms with E-state index in [1.165, 1.54) is 0 Å². The highest BCUT2D eigenvalue weighted by Crippen LogP contribution is 2.19. The van der Waals surface area contributed by atoms with E-state index in [0.29, 0.717) is 43.0 Å². The predicted octanol–water partition coefficient (Wildman–Crippen LogP) is 2.79. The summed E-state index contributed by atoms with van der Waals surface area (Å²) in [5.41, 5.74) is 2.64. The van der Waals surface area contributed by atoms with Crippen molar-refractivity contribution >= 4 is 23.3 Å². The fourth-order valence-electron chi connectivity index (χ4n) is 4.09. The summed E-state index contributed by atoms with van der Waals surface area (Å²) in [5.74, 6) is -0.284. The fourth-order valence-corrected chi connectivity index (χ4v) is 4.09. The minimum Gasteiger partial charge on any atom is -0.351 e. The third kappa shape index (κ3) is 7.09. The Morgan fingerprint density at radius 2 is 1.20 bits per heavy atom. The van der Waals surface area contributed by atoms with Crippen molar-refractivity contribution in [3.8, 4) is 0 Å². The zero-order valence-electron chi connectivity index (χ0n) is 19.7. The van der Waals surface area contributed by atoms with E-state index < -0.39 is 0 Å². The van der Waals surface area contributed by atoms with Crippen LogP contribution in [0.3, 0.4) is 0 Å². The monoisotopic (exact) mass is 470 g/mol. The Labute approximate surface area is 205 Å². The Hall–Kier alpha value is -3.81. The van der Waals surface area contributed by atoms with Gasteiger partial charge in [-0.15, -0.1) is 0 Å². The molecule has 0 saturated carbocycles. The topological polar surface area (TPSA) is 81.8 Å². The molecule has 2 amide bonds. The molecule has 0 radical (unpaired) electrons. The van der Waals surface area contributed by atoms with Crippen LogP contribution in [0.15, 0.2) is 84.9 Å². The first-order valence-corrected chi connectivity index (χ1v) is 11.8. The van der Waals surface area contributed by atoms with E-state index in [-0.39, 0.29) is 24.1 Å². The molecule has 3 aromatic rings. The fraction of sp³-hybridized carbons (Fsp3) is 0.250. The van der Waals surface area contributed by atoms with Crippen molar-refractivity contribution < 1.29 is 14.4 Å². The van der Waals surface area contributed by atoms with Gasteiger partial charge in [-0.2, -0.15) is 0 Å². The Balaban J connectivity index is 1.23. The molecule has 1 aliphatic heterocycles. The van der Waals surface area contributed by atoms with Crippen LogP contribution >= 0.6 is 0 Å². The number of hydrogen-bond donors (Lipinski definition) is 2. The Morgan fingerprint density at radius 1 is 0.657 bits per heavy atom. The minimum absolute atomic E-state index is 0.000244. The van der Waals surface area contributed by atoms with Gasteiger partial charge in [0.2, 0.25) is 11.8 Å². The van der Waals surface area contributed by atoms with Gasteiger partial charge in [0.05, 0.1) is 18.8 Å². The third-order valence-corrected chi connectivity index (χ3v) is 6.01. The summed E-state index contributed by atoms with van der Waals surface area (Å²) in [5, 5.41) is 5.86. The number of carbonyl (C=O) groups is 3. The van der Waals surface area contributed by atoms with Crippen LogP contribution in [0.2, 0.25) is 0 Å². The molecule has 0 unspecified atom stereocenters. The Morgan fingerprint density at radius 3 is 1.86 bits per heavy atom. The second-order valence-corrected chi connectivity index (χ2v) is 8.60. The summed E-state index contributed by atoms with van der Waals surface area (Å²) in [6.45, 7) is 3.94. The number of benzene rings is 3. The molecule has 0 bridgehead atoms. The molecule has 1 aliphatic rings. The number of rotatable bonds is 9. The number of anilines is 1. The van der Waals surface area contributed by atoms with Crippen LogP contribution in [0.5, 0.6) is 0 Å². The van der Waals surface area contributed by atoms with E-state index >= 15 is 0 Å². The highest BCUT2D eigenvalue weighted by atomic mass is 16.2. The Kier molecular flexibility index (Phi) is 8.38. The molecule has 1 saturated heterocycles. The summed E-state index contributed by atoms with van der Waals surface area (Å²) >= 11 is 0. The summed E-state index contributed by atoms with van der Waals surface area (Å²) in [7, 11) is 0. The average Bonchev–Trinajstić information content (AvgIpc) is 2.89. The van der Waals surface area contributed by atoms with Crippen molar-refractivity contribution in [2.75, 3.05) is 44.6 Å². The normalized spacial score (nSPS) is 14.3. The van der Waals surface area contributed by atoms with E-state index in [1.807, 2.05) is 48.5 Å². The summed E-state index contributed by atoms with van der Waals surface area (Å²) in [6, 6.07) is 25.9. The van der Waals surface area contributed by atoms with Crippen LogP contribution in [0.1, 0.15) is 21.5 Å². The van der Waals surface area contributed by atoms with Crippen molar-refractivity contribution in [2.24, 2.45) is 0 Å². The Bertz CT molecular complexity index is 1140. The van der Waals surface area contributed by atoms with Gasteiger partial charge in [0.25, 0.3) is 0 Å². The number of nitrogens with one attached hydrogen (secondary N) is 2. The maximum absolute atomic E-state index is 12.9. The highest BCUT2D eigenvalue weighted by molar-refractivity contribution is 6.13. The number of amides is 2. The second kappa shape index (κ2) is 12.1. The summed E-state index contributed by atoms with van der Waals surface area (Å²) < 4.78 is 0. The molecule has 0 aromatic heterocycles. The van der Waals surface area contributed by atoms with Gasteiger partial charge in [0, 0.05) is 43.9 Å². The second-order valence-electron chi connectivity index (χ2n) is 8.60. The van der Waals surface area contributed by atoms with Crippen LogP contribution in [-0.4, -0.2) is 66.7 Å². The number of carbonyl (C=O) groups excluding carboxylic acids is 3. The molecule has 1 heterocycles. The van der Waals surface area contributed by atoms with Crippen LogP contribution in [0.4, 0.5) is 5.69 Å². The van der Waals surface area contributed by atoms with Crippen LogP contribution in [0.25, 0.3) is 0 Å². The SMILES string of the molecule is O=C(CN1CCN(CC(=O)Nc2ccccc2C(=O)c2ccccc2)CC1)NCc1ccccc1. The minimum atomic E-state index is -0.160. The average molecular weight is 471 g/mol. The predicted molar refractivity (Wildman–Crippen MR) is 136 cm³/mol. The van der Waals surface area contributed by atoms with Gasteiger partial charge in [-0.25, -0.2) is 0 Å². The molecule has 2 N–H and O–H groups in total. The molecule has 0 atom stereocenters. The van der Waals surface area contributed by atoms with Crippen molar-refractivity contribution in [2.45, 2.75) is 6.54 Å². The molecule has 7 heteroatoms. The summed E-state index contributed by atoms with van der Waals surface area (Å²) in [6.07, 6.45) is 0. The number of para-hydroxylation sites is 1. The molecular formula is C28H30N4O3. The number of nitrogens with zero attached hydrogens (tertiary/aromatic N) is 2. The van der Waals surface area contributed by atoms with Gasteiger partial charge >= 0.3 is 0 Å². The number of hydrogen-bond acceptors (Lipinski definition) is 5. The van der Waals surface area contributed by atoms with Gasteiger partial charge in [-0.3, -0.25) is 24.2 Å². The van der Waals surface area contributed by atoms with Gasteiger partial charge < -0.3 is 10.6 Å². The van der Waals surface area contributed by atoms with E-state index in [2.05, 4.69) is 20.4 Å². The quantitative estimate of drug-likeness (QED) is 0.470. The molecule has 180 valence electrons. The van der Waals surface area contributed by atoms with Crippen LogP contribution < -0.4 is 10.6 Å². The largest absolute Gasteiger partial charge is 0.351 e. The maximum atomic E-state index is 12.9. The maximum Gasteiger partial charge on any atom is 0.238 e. The van der Waals surface area contributed by atoms with E-state index in [9.17, 15) is 14.4 Å². The lowest BCUT2D eigenvalue weighted by Crippen LogP contribution is -2.50. The smallest absolute Gasteiger partial charge is 0.238 e. The molecule has 35 heavy (non-hydrogen) atoms. The van der Waals surface area contributed by atoms with Gasteiger partial charge in [-0.1, -0.05) is 72.8 Å². The lowest BCUT2D eigenvalue weighted by atomic mass is 10.0. The first kappa shape index (κ1) is 24.3. The lowest BCUT2D eigenvalue weighted by Gasteiger charge is -2.33. The van der Waals surface area contributed by atoms with Crippen molar-refractivity contribution in [1.82, 2.24) is 15.1 Å². The van der Waals surface area contributed by atoms with Crippen LogP contribution in [-0.2, 0) is 16.1 Å². The number of ketones is 1. The zero-order chi connectivity index (χ0) is 24.5. The lowest BCUT2D eigenvalue weighted by molar-refractivity contribution is -0.123. The molecule has 3 aromatic carbocycles. The third-order valence-electron chi connectivity index (χ3n) is 6.01. The van der Waals surface area contributed by atoms with Crippen LogP contribution in [0, 0.1) is 0 Å². The van der Waals surface area contributed by atoms with E-state index in [0.717, 1.165) is 18.7 Å². The van der Waals surface area contributed by atoms with Gasteiger partial charge in [-0.05, 0) is 17.7 Å². The zero-order valence-corrected chi connectivity index (χ0v) is 19.7. The van der Waals surface area contributed by atoms with Crippen molar-refractivity contribution in [3.05, 3.63) is 102 Å². The van der Waals surface area contributed by atoms with Gasteiger partial charge in [0.15, 0.2) is 5.78 Å². The first-order valence-electron chi connectivity index (χ1n) is 11.8. The summed E-state index contributed by atoms with van der Waals surface area (Å²) in [4.78, 5) is 42.1. The standard InChI is InChI=1S/C28H30N4O3/c33-26(29-19-22-9-3-1-4-10-22)20-31-15-17-32(18-16-31)21-27(34)30-25-14-8-7-13-24(25)28(35)23-11-5-2-6-12-23/h1-14H,15-21H2,(H,29,33)(H,30,34).